The van der Waals surface area contributed by atoms with Crippen molar-refractivity contribution in [3.8, 4) is 0 Å². The lowest BCUT2D eigenvalue weighted by Gasteiger charge is -2.34. The molecule has 0 unspecified atom stereocenters. The molecule has 2 heterocycles. The van der Waals surface area contributed by atoms with Gasteiger partial charge in [-0.25, -0.2) is 4.98 Å². The summed E-state index contributed by atoms with van der Waals surface area (Å²) in [6.45, 7) is 7.42. The van der Waals surface area contributed by atoms with Gasteiger partial charge in [-0.2, -0.15) is 0 Å². The Morgan fingerprint density at radius 3 is 2.60 bits per heavy atom. The van der Waals surface area contributed by atoms with Gasteiger partial charge >= 0.3 is 0 Å². The average molecular weight is 416 g/mol. The Hall–Kier alpha value is -2.92. The van der Waals surface area contributed by atoms with E-state index in [4.69, 9.17) is 4.98 Å². The zero-order valence-corrected chi connectivity index (χ0v) is 18.2. The van der Waals surface area contributed by atoms with Crippen LogP contribution in [0, 0.1) is 13.8 Å². The normalized spacial score (nSPS) is 14.6. The van der Waals surface area contributed by atoms with Gasteiger partial charge in [-0.3, -0.25) is 4.79 Å². The van der Waals surface area contributed by atoms with Gasteiger partial charge in [0.05, 0.1) is 16.6 Å². The first-order valence-electron chi connectivity index (χ1n) is 10.5. The molecule has 0 spiro atoms. The Kier molecular flexibility index (Phi) is 4.91. The molecule has 4 aromatic rings. The highest BCUT2D eigenvalue weighted by Gasteiger charge is 2.23. The van der Waals surface area contributed by atoms with Gasteiger partial charge in [0.2, 0.25) is 5.91 Å². The zero-order chi connectivity index (χ0) is 20.7. The van der Waals surface area contributed by atoms with E-state index in [9.17, 15) is 4.79 Å². The number of carbonyl (C=O) groups is 1. The molecule has 0 aliphatic carbocycles. The highest BCUT2D eigenvalue weighted by Crippen LogP contribution is 2.32. The number of hydrogen-bond acceptors (Lipinski definition) is 4. The molecule has 152 valence electrons. The Labute approximate surface area is 180 Å². The number of benzene rings is 3. The molecule has 1 fully saturated rings. The number of anilines is 1. The minimum Gasteiger partial charge on any atom is -0.345 e. The van der Waals surface area contributed by atoms with E-state index in [2.05, 4.69) is 55.1 Å². The quantitative estimate of drug-likeness (QED) is 0.475. The number of amides is 1. The molecule has 1 aliphatic rings. The van der Waals surface area contributed by atoms with Crippen LogP contribution in [0.3, 0.4) is 0 Å². The van der Waals surface area contributed by atoms with Crippen molar-refractivity contribution in [2.24, 2.45) is 0 Å². The maximum absolute atomic E-state index is 13.0. The Morgan fingerprint density at radius 2 is 1.77 bits per heavy atom. The van der Waals surface area contributed by atoms with Crippen molar-refractivity contribution in [1.29, 1.82) is 0 Å². The standard InChI is InChI=1S/C25H25N3OS/c1-17-14-18(2)24-22(15-17)30-25(26-24)28-12-10-27(11-13-28)23(29)16-20-8-5-7-19-6-3-4-9-21(19)20/h3-9,14-15H,10-13,16H2,1-2H3. The second kappa shape index (κ2) is 7.73. The lowest BCUT2D eigenvalue weighted by atomic mass is 10.0. The van der Waals surface area contributed by atoms with Crippen LogP contribution in [-0.4, -0.2) is 42.0 Å². The molecule has 5 rings (SSSR count). The molecule has 0 saturated carbocycles. The molecule has 3 aromatic carbocycles. The molecule has 1 saturated heterocycles. The summed E-state index contributed by atoms with van der Waals surface area (Å²) in [5, 5.41) is 3.43. The minimum atomic E-state index is 0.210. The molecule has 5 heteroatoms. The number of nitrogens with zero attached hydrogens (tertiary/aromatic N) is 3. The molecule has 0 radical (unpaired) electrons. The fourth-order valence-electron chi connectivity index (χ4n) is 4.36. The third-order valence-electron chi connectivity index (χ3n) is 5.94. The van der Waals surface area contributed by atoms with Gasteiger partial charge in [-0.15, -0.1) is 0 Å². The zero-order valence-electron chi connectivity index (χ0n) is 17.4. The maximum atomic E-state index is 13.0. The summed E-state index contributed by atoms with van der Waals surface area (Å²) in [6.07, 6.45) is 0.459. The monoisotopic (exact) mass is 415 g/mol. The molecule has 0 bridgehead atoms. The van der Waals surface area contributed by atoms with Gasteiger partial charge in [0.15, 0.2) is 5.13 Å². The third-order valence-corrected chi connectivity index (χ3v) is 7.01. The van der Waals surface area contributed by atoms with Crippen LogP contribution in [0.4, 0.5) is 5.13 Å². The summed E-state index contributed by atoms with van der Waals surface area (Å²) in [6, 6.07) is 18.9. The van der Waals surface area contributed by atoms with Gasteiger partial charge in [0.25, 0.3) is 0 Å². The number of aryl methyl sites for hydroxylation is 2. The van der Waals surface area contributed by atoms with Crippen LogP contribution < -0.4 is 4.90 Å². The van der Waals surface area contributed by atoms with E-state index in [1.54, 1.807) is 11.3 Å². The summed E-state index contributed by atoms with van der Waals surface area (Å²) in [4.78, 5) is 22.2. The number of piperazine rings is 1. The van der Waals surface area contributed by atoms with E-state index in [1.165, 1.54) is 26.6 Å². The summed E-state index contributed by atoms with van der Waals surface area (Å²) in [7, 11) is 0. The van der Waals surface area contributed by atoms with Crippen molar-refractivity contribution in [1.82, 2.24) is 9.88 Å². The highest BCUT2D eigenvalue weighted by atomic mass is 32.1. The van der Waals surface area contributed by atoms with Crippen molar-refractivity contribution in [2.45, 2.75) is 20.3 Å². The Morgan fingerprint density at radius 1 is 1.00 bits per heavy atom. The van der Waals surface area contributed by atoms with Gasteiger partial charge in [0.1, 0.15) is 0 Å². The number of carbonyl (C=O) groups excluding carboxylic acids is 1. The second-order valence-electron chi connectivity index (χ2n) is 8.11. The average Bonchev–Trinajstić information content (AvgIpc) is 3.18. The van der Waals surface area contributed by atoms with Crippen LogP contribution in [-0.2, 0) is 11.2 Å². The molecule has 0 atom stereocenters. The van der Waals surface area contributed by atoms with E-state index in [0.29, 0.717) is 6.42 Å². The van der Waals surface area contributed by atoms with Crippen molar-refractivity contribution >= 4 is 43.4 Å². The van der Waals surface area contributed by atoms with Crippen molar-refractivity contribution < 1.29 is 4.79 Å². The van der Waals surface area contributed by atoms with Crippen molar-refractivity contribution in [2.75, 3.05) is 31.1 Å². The maximum Gasteiger partial charge on any atom is 0.227 e. The molecule has 1 aliphatic heterocycles. The largest absolute Gasteiger partial charge is 0.345 e. The van der Waals surface area contributed by atoms with Gasteiger partial charge in [-0.1, -0.05) is 59.9 Å². The van der Waals surface area contributed by atoms with Crippen LogP contribution in [0.5, 0.6) is 0 Å². The molecule has 30 heavy (non-hydrogen) atoms. The topological polar surface area (TPSA) is 36.4 Å². The second-order valence-corrected chi connectivity index (χ2v) is 9.12. The number of thiazole rings is 1. The lowest BCUT2D eigenvalue weighted by molar-refractivity contribution is -0.130. The molecular weight excluding hydrogens is 390 g/mol. The van der Waals surface area contributed by atoms with E-state index in [-0.39, 0.29) is 5.91 Å². The van der Waals surface area contributed by atoms with E-state index in [0.717, 1.165) is 42.4 Å². The summed E-state index contributed by atoms with van der Waals surface area (Å²) in [5.41, 5.74) is 4.73. The number of fused-ring (bicyclic) bond motifs is 2. The SMILES string of the molecule is Cc1cc(C)c2nc(N3CCN(C(=O)Cc4cccc5ccccc45)CC3)sc2c1. The predicted octanol–water partition coefficient (Wildman–Crippen LogP) is 4.96. The first-order chi connectivity index (χ1) is 14.6. The van der Waals surface area contributed by atoms with Crippen LogP contribution in [0.15, 0.2) is 54.6 Å². The minimum absolute atomic E-state index is 0.210. The Bertz CT molecular complexity index is 1230. The highest BCUT2D eigenvalue weighted by molar-refractivity contribution is 7.22. The van der Waals surface area contributed by atoms with E-state index >= 15 is 0 Å². The van der Waals surface area contributed by atoms with Crippen molar-refractivity contribution in [3.05, 3.63) is 71.3 Å². The van der Waals surface area contributed by atoms with Crippen molar-refractivity contribution in [3.63, 3.8) is 0 Å². The molecule has 0 N–H and O–H groups in total. The predicted molar refractivity (Wildman–Crippen MR) is 126 cm³/mol. The van der Waals surface area contributed by atoms with Crippen LogP contribution in [0.1, 0.15) is 16.7 Å². The first-order valence-corrected chi connectivity index (χ1v) is 11.3. The fourth-order valence-corrected chi connectivity index (χ4v) is 5.56. The summed E-state index contributed by atoms with van der Waals surface area (Å²) < 4.78 is 1.25. The van der Waals surface area contributed by atoms with Crippen LogP contribution in [0.25, 0.3) is 21.0 Å². The van der Waals surface area contributed by atoms with Gasteiger partial charge in [0, 0.05) is 26.2 Å². The van der Waals surface area contributed by atoms with Gasteiger partial charge < -0.3 is 9.80 Å². The Balaban J connectivity index is 1.28. The molecule has 4 nitrogen and oxygen atoms in total. The lowest BCUT2D eigenvalue weighted by Crippen LogP contribution is -2.49. The summed E-state index contributed by atoms with van der Waals surface area (Å²) >= 11 is 1.76. The molecule has 1 aromatic heterocycles. The van der Waals surface area contributed by atoms with Crippen LogP contribution in [0.2, 0.25) is 0 Å². The third kappa shape index (κ3) is 3.54. The number of rotatable bonds is 3. The van der Waals surface area contributed by atoms with E-state index in [1.807, 2.05) is 23.1 Å². The smallest absolute Gasteiger partial charge is 0.227 e. The number of aromatic nitrogens is 1. The molecule has 1 amide bonds. The van der Waals surface area contributed by atoms with E-state index < -0.39 is 0 Å². The molecular formula is C25H25N3OS. The fraction of sp³-hybridized carbons (Fsp3) is 0.280. The summed E-state index contributed by atoms with van der Waals surface area (Å²) in [5.74, 6) is 0.210. The van der Waals surface area contributed by atoms with Gasteiger partial charge in [-0.05, 0) is 47.4 Å². The first kappa shape index (κ1) is 19.1. The van der Waals surface area contributed by atoms with Crippen LogP contribution >= 0.6 is 11.3 Å². The number of hydrogen-bond donors (Lipinski definition) is 0.